The minimum atomic E-state index is -0.218. The Bertz CT molecular complexity index is 545. The first-order valence-electron chi connectivity index (χ1n) is 5.11. The Labute approximate surface area is 96.4 Å². The molecule has 0 amide bonds. The van der Waals surface area contributed by atoms with Crippen LogP contribution in [0.2, 0.25) is 0 Å². The zero-order valence-electron chi connectivity index (χ0n) is 9.49. The predicted molar refractivity (Wildman–Crippen MR) is 54.8 cm³/mol. The van der Waals surface area contributed by atoms with E-state index in [1.165, 1.54) is 10.9 Å². The highest BCUT2D eigenvalue weighted by molar-refractivity contribution is 5.30. The van der Waals surface area contributed by atoms with Crippen LogP contribution >= 0.6 is 0 Å². The molecule has 0 bridgehead atoms. The van der Waals surface area contributed by atoms with E-state index < -0.39 is 0 Å². The van der Waals surface area contributed by atoms with E-state index >= 15 is 0 Å². The minimum Gasteiger partial charge on any atom is -0.337 e. The van der Waals surface area contributed by atoms with Gasteiger partial charge in [0.1, 0.15) is 18.4 Å². The SMILES string of the molecule is CCc1noc(Cn2ncc([N+](=O)O)c2C)n1. The van der Waals surface area contributed by atoms with Crippen LogP contribution in [0.15, 0.2) is 10.7 Å². The number of aryl methyl sites for hydroxylation is 1. The lowest BCUT2D eigenvalue weighted by Crippen LogP contribution is -2.05. The van der Waals surface area contributed by atoms with E-state index in [0.717, 1.165) is 0 Å². The first-order chi connectivity index (χ1) is 8.11. The summed E-state index contributed by atoms with van der Waals surface area (Å²) in [6.07, 6.45) is 1.97. The maximum Gasteiger partial charge on any atom is 0.356 e. The summed E-state index contributed by atoms with van der Waals surface area (Å²) in [5.74, 6) is 1.03. The highest BCUT2D eigenvalue weighted by Gasteiger charge is 2.22. The van der Waals surface area contributed by atoms with Crippen LogP contribution in [0.3, 0.4) is 0 Å². The highest BCUT2D eigenvalue weighted by Crippen LogP contribution is 2.16. The van der Waals surface area contributed by atoms with Crippen LogP contribution in [0.25, 0.3) is 0 Å². The molecule has 0 radical (unpaired) electrons. The summed E-state index contributed by atoms with van der Waals surface area (Å²) in [5.41, 5.74) is 0.624. The van der Waals surface area contributed by atoms with Crippen molar-refractivity contribution in [1.29, 1.82) is 0 Å². The fourth-order valence-corrected chi connectivity index (χ4v) is 1.41. The minimum absolute atomic E-state index is 0.0974. The van der Waals surface area contributed by atoms with E-state index in [1.54, 1.807) is 6.92 Å². The second kappa shape index (κ2) is 4.32. The van der Waals surface area contributed by atoms with Gasteiger partial charge in [-0.15, -0.1) is 0 Å². The molecule has 0 fully saturated rings. The number of aromatic nitrogens is 4. The summed E-state index contributed by atoms with van der Waals surface area (Å²) in [5, 5.41) is 16.5. The van der Waals surface area contributed by atoms with Crippen LogP contribution in [-0.4, -0.2) is 30.1 Å². The Hall–Kier alpha value is -2.25. The van der Waals surface area contributed by atoms with E-state index in [9.17, 15) is 4.91 Å². The monoisotopic (exact) mass is 238 g/mol. The Morgan fingerprint density at radius 3 is 2.88 bits per heavy atom. The number of nitrogens with zero attached hydrogens (tertiary/aromatic N) is 5. The molecule has 0 aromatic carbocycles. The molecule has 0 saturated carbocycles. The van der Waals surface area contributed by atoms with Gasteiger partial charge in [-0.1, -0.05) is 12.1 Å². The van der Waals surface area contributed by atoms with Crippen LogP contribution in [0, 0.1) is 11.8 Å². The molecule has 0 aliphatic carbocycles. The molecule has 0 saturated heterocycles. The van der Waals surface area contributed by atoms with Gasteiger partial charge in [-0.2, -0.15) is 10.1 Å². The van der Waals surface area contributed by atoms with Gasteiger partial charge >= 0.3 is 5.69 Å². The molecule has 2 rings (SSSR count). The molecule has 2 heterocycles. The van der Waals surface area contributed by atoms with Gasteiger partial charge in [0, 0.05) is 6.42 Å². The standard InChI is InChI=1S/C9H12N5O3/c1-3-8-11-9(17-12-8)5-13-6(2)7(4-10-13)14(15)16/h4H,3,5H2,1-2H3,(H,15,16)/q+1. The second-order valence-corrected chi connectivity index (χ2v) is 3.50. The molecule has 90 valence electrons. The van der Waals surface area contributed by atoms with Gasteiger partial charge in [-0.25, -0.2) is 5.21 Å². The summed E-state index contributed by atoms with van der Waals surface area (Å²) in [4.78, 5) is 14.7. The van der Waals surface area contributed by atoms with Gasteiger partial charge in [0.15, 0.2) is 5.82 Å². The second-order valence-electron chi connectivity index (χ2n) is 3.50. The van der Waals surface area contributed by atoms with E-state index in [-0.39, 0.29) is 17.2 Å². The van der Waals surface area contributed by atoms with E-state index in [1.807, 2.05) is 6.92 Å². The van der Waals surface area contributed by atoms with Crippen molar-refractivity contribution >= 4 is 5.69 Å². The molecule has 2 aromatic rings. The summed E-state index contributed by atoms with van der Waals surface area (Å²) in [6, 6.07) is 0. The van der Waals surface area contributed by atoms with E-state index in [4.69, 9.17) is 9.73 Å². The first-order valence-corrected chi connectivity index (χ1v) is 5.11. The lowest BCUT2D eigenvalue weighted by atomic mass is 10.4. The number of hydrogen-bond donors (Lipinski definition) is 1. The molecular weight excluding hydrogens is 226 g/mol. The van der Waals surface area contributed by atoms with Crippen LogP contribution in [-0.2, 0) is 13.0 Å². The van der Waals surface area contributed by atoms with Gasteiger partial charge in [0.25, 0.3) is 4.92 Å². The van der Waals surface area contributed by atoms with Crippen molar-refractivity contribution < 1.29 is 14.7 Å². The van der Waals surface area contributed by atoms with Gasteiger partial charge in [0.2, 0.25) is 5.89 Å². The largest absolute Gasteiger partial charge is 0.356 e. The molecule has 1 N–H and O–H groups in total. The summed E-state index contributed by atoms with van der Waals surface area (Å²) >= 11 is 0. The van der Waals surface area contributed by atoms with Crippen molar-refractivity contribution in [3.8, 4) is 0 Å². The fourth-order valence-electron chi connectivity index (χ4n) is 1.41. The molecule has 0 atom stereocenters. The Morgan fingerprint density at radius 1 is 1.59 bits per heavy atom. The summed E-state index contributed by atoms with van der Waals surface area (Å²) in [6.45, 7) is 3.86. The summed E-state index contributed by atoms with van der Waals surface area (Å²) in [7, 11) is 0. The van der Waals surface area contributed by atoms with Crippen molar-refractivity contribution in [2.45, 2.75) is 26.8 Å². The maximum atomic E-state index is 10.7. The van der Waals surface area contributed by atoms with Gasteiger partial charge < -0.3 is 4.52 Å². The topological polar surface area (TPSA) is 97.0 Å². The maximum absolute atomic E-state index is 10.7. The third-order valence-corrected chi connectivity index (χ3v) is 2.39. The van der Waals surface area contributed by atoms with E-state index in [0.29, 0.717) is 23.8 Å². The average Bonchev–Trinajstić information content (AvgIpc) is 2.87. The van der Waals surface area contributed by atoms with Crippen LogP contribution in [0.5, 0.6) is 0 Å². The van der Waals surface area contributed by atoms with Crippen molar-refractivity contribution in [2.24, 2.45) is 0 Å². The van der Waals surface area contributed by atoms with Gasteiger partial charge in [-0.3, -0.25) is 4.68 Å². The van der Waals surface area contributed by atoms with Crippen molar-refractivity contribution in [2.75, 3.05) is 0 Å². The van der Waals surface area contributed by atoms with E-state index in [2.05, 4.69) is 15.2 Å². The average molecular weight is 238 g/mol. The normalized spacial score (nSPS) is 10.7. The molecule has 2 aromatic heterocycles. The molecule has 17 heavy (non-hydrogen) atoms. The summed E-state index contributed by atoms with van der Waals surface area (Å²) < 4.78 is 6.51. The third-order valence-electron chi connectivity index (χ3n) is 2.39. The Morgan fingerprint density at radius 2 is 2.35 bits per heavy atom. The van der Waals surface area contributed by atoms with Gasteiger partial charge in [-0.05, 0) is 6.92 Å². The van der Waals surface area contributed by atoms with Gasteiger partial charge in [0.05, 0.1) is 4.91 Å². The molecule has 8 heteroatoms. The Balaban J connectivity index is 2.21. The van der Waals surface area contributed by atoms with Crippen LogP contribution < -0.4 is 0 Å². The Kier molecular flexibility index (Phi) is 2.86. The fraction of sp³-hybridized carbons (Fsp3) is 0.444. The van der Waals surface area contributed by atoms with Crippen LogP contribution in [0.4, 0.5) is 5.69 Å². The van der Waals surface area contributed by atoms with Crippen molar-refractivity contribution in [1.82, 2.24) is 19.9 Å². The lowest BCUT2D eigenvalue weighted by Gasteiger charge is -1.97. The zero-order chi connectivity index (χ0) is 12.4. The van der Waals surface area contributed by atoms with Crippen LogP contribution in [0.1, 0.15) is 24.3 Å². The quantitative estimate of drug-likeness (QED) is 0.797. The third kappa shape index (κ3) is 2.14. The highest BCUT2D eigenvalue weighted by atomic mass is 16.6. The molecular formula is C9H12N5O3+. The number of hydrogen-bond acceptors (Lipinski definition) is 5. The lowest BCUT2D eigenvalue weighted by molar-refractivity contribution is -0.730. The molecule has 0 aliphatic rings. The molecule has 0 spiro atoms. The molecule has 0 unspecified atom stereocenters. The molecule has 0 aliphatic heterocycles. The van der Waals surface area contributed by atoms with Crippen molar-refractivity contribution in [3.63, 3.8) is 0 Å². The number of rotatable bonds is 4. The van der Waals surface area contributed by atoms with Crippen molar-refractivity contribution in [3.05, 3.63) is 28.5 Å². The molecule has 8 nitrogen and oxygen atoms in total. The smallest absolute Gasteiger partial charge is 0.337 e. The zero-order valence-corrected chi connectivity index (χ0v) is 9.49. The predicted octanol–water partition coefficient (Wildman–Crippen LogP) is 0.985. The first kappa shape index (κ1) is 11.2.